The van der Waals surface area contributed by atoms with Crippen LogP contribution in [0, 0.1) is 12.8 Å². The monoisotopic (exact) mass is 372 g/mol. The number of furan rings is 1. The number of anilines is 1. The van der Waals surface area contributed by atoms with Gasteiger partial charge < -0.3 is 20.4 Å². The second-order valence-electron chi connectivity index (χ2n) is 6.37. The number of rotatable bonds is 8. The molecule has 2 aromatic rings. The minimum atomic E-state index is -0.275. The number of nitrogens with one attached hydrogen (secondary N) is 3. The zero-order valence-corrected chi connectivity index (χ0v) is 15.7. The molecule has 0 bridgehead atoms. The Morgan fingerprint density at radius 3 is 2.44 bits per heavy atom. The van der Waals surface area contributed by atoms with E-state index in [-0.39, 0.29) is 23.6 Å². The molecule has 3 N–H and O–H groups in total. The van der Waals surface area contributed by atoms with Gasteiger partial charge in [-0.2, -0.15) is 0 Å². The Hall–Kier alpha value is -3.16. The summed E-state index contributed by atoms with van der Waals surface area (Å²) in [5.41, 5.74) is 1.18. The van der Waals surface area contributed by atoms with Crippen molar-refractivity contribution in [3.63, 3.8) is 0 Å². The number of amides is 3. The van der Waals surface area contributed by atoms with E-state index >= 15 is 0 Å². The Labute approximate surface area is 157 Å². The van der Waals surface area contributed by atoms with Gasteiger partial charge >= 0.3 is 0 Å². The van der Waals surface area contributed by atoms with Gasteiger partial charge in [0, 0.05) is 36.3 Å². The van der Waals surface area contributed by atoms with Crippen molar-refractivity contribution in [2.45, 2.75) is 27.2 Å². The predicted octanol–water partition coefficient (Wildman–Crippen LogP) is 2.13. The van der Waals surface area contributed by atoms with Gasteiger partial charge in [0.1, 0.15) is 5.82 Å². The van der Waals surface area contributed by atoms with Gasteiger partial charge in [-0.05, 0) is 31.5 Å². The Morgan fingerprint density at radius 2 is 1.81 bits per heavy atom. The van der Waals surface area contributed by atoms with Crippen molar-refractivity contribution in [2.75, 3.05) is 18.4 Å². The SMILES string of the molecule is Cc1ccoc1C(=O)NCCCNC(=O)c1ccnc(NC(=O)C(C)C)c1. The van der Waals surface area contributed by atoms with E-state index in [4.69, 9.17) is 4.42 Å². The normalized spacial score (nSPS) is 10.5. The van der Waals surface area contributed by atoms with Crippen molar-refractivity contribution in [2.24, 2.45) is 5.92 Å². The lowest BCUT2D eigenvalue weighted by atomic mass is 10.2. The minimum Gasteiger partial charge on any atom is -0.459 e. The van der Waals surface area contributed by atoms with Crippen LogP contribution in [0.2, 0.25) is 0 Å². The molecule has 0 atom stereocenters. The fourth-order valence-electron chi connectivity index (χ4n) is 2.19. The highest BCUT2D eigenvalue weighted by Crippen LogP contribution is 2.09. The van der Waals surface area contributed by atoms with Gasteiger partial charge in [0.2, 0.25) is 5.91 Å². The molecule has 2 rings (SSSR count). The molecule has 0 aromatic carbocycles. The lowest BCUT2D eigenvalue weighted by Crippen LogP contribution is -2.30. The molecule has 8 nitrogen and oxygen atoms in total. The first-order valence-corrected chi connectivity index (χ1v) is 8.76. The van der Waals surface area contributed by atoms with Crippen LogP contribution in [0.25, 0.3) is 0 Å². The molecule has 0 saturated heterocycles. The number of carbonyl (C=O) groups is 3. The Morgan fingerprint density at radius 1 is 1.11 bits per heavy atom. The second-order valence-corrected chi connectivity index (χ2v) is 6.37. The van der Waals surface area contributed by atoms with E-state index in [0.717, 1.165) is 5.56 Å². The summed E-state index contributed by atoms with van der Waals surface area (Å²) in [6.07, 6.45) is 3.51. The standard InChI is InChI=1S/C19H24N4O4/c1-12(2)17(24)23-15-11-14(5-9-20-15)18(25)21-7-4-8-22-19(26)16-13(3)6-10-27-16/h5-6,9-12H,4,7-8H2,1-3H3,(H,21,25)(H,22,26)(H,20,23,24). The molecule has 0 aliphatic rings. The van der Waals surface area contributed by atoms with Crippen LogP contribution in [0.15, 0.2) is 35.1 Å². The fourth-order valence-corrected chi connectivity index (χ4v) is 2.19. The zero-order chi connectivity index (χ0) is 19.8. The molecular weight excluding hydrogens is 348 g/mol. The Bertz CT molecular complexity index is 814. The van der Waals surface area contributed by atoms with Crippen LogP contribution in [0.1, 0.15) is 46.7 Å². The largest absolute Gasteiger partial charge is 0.459 e. The zero-order valence-electron chi connectivity index (χ0n) is 15.7. The molecule has 0 saturated carbocycles. The average molecular weight is 372 g/mol. The molecule has 2 heterocycles. The predicted molar refractivity (Wildman–Crippen MR) is 100 cm³/mol. The number of carbonyl (C=O) groups excluding carboxylic acids is 3. The number of aromatic nitrogens is 1. The van der Waals surface area contributed by atoms with Crippen LogP contribution in [0.5, 0.6) is 0 Å². The van der Waals surface area contributed by atoms with Gasteiger partial charge in [-0.3, -0.25) is 14.4 Å². The van der Waals surface area contributed by atoms with Gasteiger partial charge in [-0.15, -0.1) is 0 Å². The summed E-state index contributed by atoms with van der Waals surface area (Å²) in [4.78, 5) is 39.8. The van der Waals surface area contributed by atoms with Crippen LogP contribution < -0.4 is 16.0 Å². The lowest BCUT2D eigenvalue weighted by Gasteiger charge is -2.09. The first-order chi connectivity index (χ1) is 12.9. The van der Waals surface area contributed by atoms with Gasteiger partial charge in [-0.1, -0.05) is 13.8 Å². The number of hydrogen-bond donors (Lipinski definition) is 3. The van der Waals surface area contributed by atoms with Gasteiger partial charge in [0.25, 0.3) is 11.8 Å². The smallest absolute Gasteiger partial charge is 0.287 e. The first-order valence-electron chi connectivity index (χ1n) is 8.76. The number of hydrogen-bond acceptors (Lipinski definition) is 5. The van der Waals surface area contributed by atoms with Gasteiger partial charge in [0.05, 0.1) is 6.26 Å². The fraction of sp³-hybridized carbons (Fsp3) is 0.368. The maximum atomic E-state index is 12.2. The van der Waals surface area contributed by atoms with E-state index in [9.17, 15) is 14.4 Å². The third kappa shape index (κ3) is 5.95. The van der Waals surface area contributed by atoms with E-state index in [1.54, 1.807) is 32.9 Å². The Balaban J connectivity index is 1.75. The number of aryl methyl sites for hydroxylation is 1. The quantitative estimate of drug-likeness (QED) is 0.614. The molecule has 0 aliphatic carbocycles. The molecule has 2 aromatic heterocycles. The van der Waals surface area contributed by atoms with Crippen molar-refractivity contribution in [1.82, 2.24) is 15.6 Å². The van der Waals surface area contributed by atoms with Gasteiger partial charge in [0.15, 0.2) is 5.76 Å². The van der Waals surface area contributed by atoms with Crippen molar-refractivity contribution in [3.05, 3.63) is 47.5 Å². The highest BCUT2D eigenvalue weighted by Gasteiger charge is 2.12. The van der Waals surface area contributed by atoms with Crippen molar-refractivity contribution >= 4 is 23.5 Å². The molecule has 0 spiro atoms. The second kappa shape index (κ2) is 9.51. The topological polar surface area (TPSA) is 113 Å². The molecule has 0 fully saturated rings. The summed E-state index contributed by atoms with van der Waals surface area (Å²) in [5, 5.41) is 8.16. The first kappa shape index (κ1) is 20.2. The highest BCUT2D eigenvalue weighted by molar-refractivity contribution is 5.96. The summed E-state index contributed by atoms with van der Waals surface area (Å²) in [6, 6.07) is 4.82. The van der Waals surface area contributed by atoms with Crippen LogP contribution in [0.3, 0.4) is 0 Å². The molecule has 3 amide bonds. The third-order valence-corrected chi connectivity index (χ3v) is 3.79. The number of pyridine rings is 1. The summed E-state index contributed by atoms with van der Waals surface area (Å²) < 4.78 is 5.11. The number of nitrogens with zero attached hydrogens (tertiary/aromatic N) is 1. The van der Waals surface area contributed by atoms with Crippen LogP contribution in [-0.2, 0) is 4.79 Å². The summed E-state index contributed by atoms with van der Waals surface area (Å²) in [7, 11) is 0. The summed E-state index contributed by atoms with van der Waals surface area (Å²) in [5.74, 6) is -0.254. The van der Waals surface area contributed by atoms with E-state index in [1.807, 2.05) is 0 Å². The van der Waals surface area contributed by atoms with E-state index in [0.29, 0.717) is 36.7 Å². The van der Waals surface area contributed by atoms with E-state index in [2.05, 4.69) is 20.9 Å². The maximum Gasteiger partial charge on any atom is 0.287 e. The average Bonchev–Trinajstić information content (AvgIpc) is 3.07. The molecule has 144 valence electrons. The molecule has 0 unspecified atom stereocenters. The van der Waals surface area contributed by atoms with Crippen molar-refractivity contribution in [1.29, 1.82) is 0 Å². The molecule has 8 heteroatoms. The summed E-state index contributed by atoms with van der Waals surface area (Å²) in [6.45, 7) is 6.15. The molecule has 0 aliphatic heterocycles. The van der Waals surface area contributed by atoms with Crippen LogP contribution >= 0.6 is 0 Å². The van der Waals surface area contributed by atoms with Gasteiger partial charge in [-0.25, -0.2) is 4.98 Å². The molecule has 0 radical (unpaired) electrons. The summed E-state index contributed by atoms with van der Waals surface area (Å²) >= 11 is 0. The lowest BCUT2D eigenvalue weighted by molar-refractivity contribution is -0.118. The Kier molecular flexibility index (Phi) is 7.10. The van der Waals surface area contributed by atoms with Crippen LogP contribution in [-0.4, -0.2) is 35.8 Å². The third-order valence-electron chi connectivity index (χ3n) is 3.79. The minimum absolute atomic E-state index is 0.164. The van der Waals surface area contributed by atoms with Crippen LogP contribution in [0.4, 0.5) is 5.82 Å². The highest BCUT2D eigenvalue weighted by atomic mass is 16.3. The van der Waals surface area contributed by atoms with Crippen molar-refractivity contribution < 1.29 is 18.8 Å². The van der Waals surface area contributed by atoms with E-state index in [1.165, 1.54) is 18.5 Å². The van der Waals surface area contributed by atoms with Crippen molar-refractivity contribution in [3.8, 4) is 0 Å². The van der Waals surface area contributed by atoms with E-state index < -0.39 is 0 Å². The molecular formula is C19H24N4O4. The maximum absolute atomic E-state index is 12.2. The molecule has 27 heavy (non-hydrogen) atoms.